The van der Waals surface area contributed by atoms with Gasteiger partial charge in [-0.25, -0.2) is 4.98 Å². The Morgan fingerprint density at radius 2 is 1.68 bits per heavy atom. The third kappa shape index (κ3) is 3.48. The maximum absolute atomic E-state index is 12.5. The zero-order valence-corrected chi connectivity index (χ0v) is 17.4. The van der Waals surface area contributed by atoms with E-state index in [2.05, 4.69) is 37.1 Å². The molecule has 1 aliphatic rings. The number of benzene rings is 2. The van der Waals surface area contributed by atoms with Crippen LogP contribution < -0.4 is 15.4 Å². The predicted octanol–water partition coefficient (Wildman–Crippen LogP) is 1.97. The second-order valence-electron chi connectivity index (χ2n) is 7.80. The molecule has 8 heteroatoms. The van der Waals surface area contributed by atoms with E-state index >= 15 is 0 Å². The molecule has 4 aromatic rings. The van der Waals surface area contributed by atoms with Gasteiger partial charge in [0.25, 0.3) is 5.56 Å². The molecule has 0 radical (unpaired) electrons. The summed E-state index contributed by atoms with van der Waals surface area (Å²) in [6, 6.07) is 14.1. The van der Waals surface area contributed by atoms with Gasteiger partial charge >= 0.3 is 0 Å². The molecule has 3 heterocycles. The van der Waals surface area contributed by atoms with Crippen LogP contribution in [0.1, 0.15) is 5.69 Å². The highest BCUT2D eigenvalue weighted by atomic mass is 16.3. The molecule has 1 N–H and O–H groups in total. The number of piperazine rings is 1. The van der Waals surface area contributed by atoms with Crippen molar-refractivity contribution in [3.8, 4) is 0 Å². The maximum Gasteiger partial charge on any atom is 0.261 e. The molecule has 31 heavy (non-hydrogen) atoms. The molecule has 0 unspecified atom stereocenters. The Morgan fingerprint density at radius 1 is 0.935 bits per heavy atom. The third-order valence-electron chi connectivity index (χ3n) is 5.95. The van der Waals surface area contributed by atoms with Crippen molar-refractivity contribution in [2.24, 2.45) is 0 Å². The molecule has 8 nitrogen and oxygen atoms in total. The molecule has 0 amide bonds. The normalized spacial score (nSPS) is 14.5. The summed E-state index contributed by atoms with van der Waals surface area (Å²) < 4.78 is 1.44. The van der Waals surface area contributed by atoms with E-state index in [-0.39, 0.29) is 18.7 Å². The average molecular weight is 416 g/mol. The Hall–Kier alpha value is -3.52. The number of aliphatic hydroxyl groups excluding tert-OH is 1. The number of hydrogen-bond donors (Lipinski definition) is 1. The lowest BCUT2D eigenvalue weighted by molar-refractivity contribution is 0.274. The van der Waals surface area contributed by atoms with Crippen LogP contribution in [-0.4, -0.2) is 57.6 Å². The molecule has 0 atom stereocenters. The minimum absolute atomic E-state index is 0.0872. The third-order valence-corrected chi connectivity index (χ3v) is 5.95. The van der Waals surface area contributed by atoms with Gasteiger partial charge in [-0.3, -0.25) is 9.36 Å². The zero-order chi connectivity index (χ0) is 21.4. The van der Waals surface area contributed by atoms with Crippen LogP contribution >= 0.6 is 0 Å². The van der Waals surface area contributed by atoms with E-state index in [9.17, 15) is 4.79 Å². The van der Waals surface area contributed by atoms with Crippen LogP contribution in [0.25, 0.3) is 21.7 Å². The second-order valence-corrected chi connectivity index (χ2v) is 7.80. The van der Waals surface area contributed by atoms with E-state index in [1.54, 1.807) is 0 Å². The summed E-state index contributed by atoms with van der Waals surface area (Å²) in [5.41, 5.74) is 2.55. The molecule has 2 aromatic heterocycles. The van der Waals surface area contributed by atoms with Crippen LogP contribution in [0, 0.1) is 6.92 Å². The summed E-state index contributed by atoms with van der Waals surface area (Å²) in [6.07, 6.45) is 1.50. The van der Waals surface area contributed by atoms with Crippen molar-refractivity contribution in [1.82, 2.24) is 19.7 Å². The molecule has 2 aromatic carbocycles. The molecule has 0 spiro atoms. The molecule has 0 bridgehead atoms. The molecule has 1 fully saturated rings. The molecule has 1 saturated heterocycles. The molecule has 0 aliphatic carbocycles. The van der Waals surface area contributed by atoms with Crippen LogP contribution in [0.15, 0.2) is 53.6 Å². The summed E-state index contributed by atoms with van der Waals surface area (Å²) in [5, 5.41) is 20.8. The summed E-state index contributed by atoms with van der Waals surface area (Å²) in [7, 11) is 0. The van der Waals surface area contributed by atoms with Crippen LogP contribution in [0.4, 0.5) is 11.5 Å². The summed E-state index contributed by atoms with van der Waals surface area (Å²) >= 11 is 0. The van der Waals surface area contributed by atoms with Gasteiger partial charge in [-0.1, -0.05) is 24.3 Å². The summed E-state index contributed by atoms with van der Waals surface area (Å²) in [6.45, 7) is 5.52. The zero-order valence-electron chi connectivity index (χ0n) is 17.4. The highest BCUT2D eigenvalue weighted by molar-refractivity contribution is 5.93. The van der Waals surface area contributed by atoms with Crippen LogP contribution in [-0.2, 0) is 6.54 Å². The van der Waals surface area contributed by atoms with E-state index in [0.29, 0.717) is 10.9 Å². The van der Waals surface area contributed by atoms with Crippen LogP contribution in [0.5, 0.6) is 0 Å². The van der Waals surface area contributed by atoms with E-state index < -0.39 is 0 Å². The highest BCUT2D eigenvalue weighted by Gasteiger charge is 2.21. The van der Waals surface area contributed by atoms with Crippen molar-refractivity contribution in [2.45, 2.75) is 13.5 Å². The van der Waals surface area contributed by atoms with Crippen molar-refractivity contribution >= 4 is 33.2 Å². The highest BCUT2D eigenvalue weighted by Crippen LogP contribution is 2.27. The first-order valence-electron chi connectivity index (χ1n) is 10.5. The largest absolute Gasteiger partial charge is 0.395 e. The lowest BCUT2D eigenvalue weighted by Crippen LogP contribution is -2.47. The van der Waals surface area contributed by atoms with Crippen molar-refractivity contribution in [3.63, 3.8) is 0 Å². The lowest BCUT2D eigenvalue weighted by Gasteiger charge is -2.37. The van der Waals surface area contributed by atoms with E-state index in [1.165, 1.54) is 10.9 Å². The van der Waals surface area contributed by atoms with Gasteiger partial charge in [0.05, 0.1) is 36.1 Å². The minimum Gasteiger partial charge on any atom is -0.395 e. The number of hydrogen-bond acceptors (Lipinski definition) is 7. The number of rotatable bonds is 4. The Kier molecular flexibility index (Phi) is 4.99. The first kappa shape index (κ1) is 19.4. The number of aliphatic hydroxyl groups is 1. The molecule has 1 aliphatic heterocycles. The SMILES string of the molecule is Cc1nnc(N2CCN(c3ccc4c(=O)n(CCO)cnc4c3)CC2)c2ccccc12. The van der Waals surface area contributed by atoms with Gasteiger partial charge in [0.15, 0.2) is 5.82 Å². The fourth-order valence-electron chi connectivity index (χ4n) is 4.24. The monoisotopic (exact) mass is 416 g/mol. The molecule has 0 saturated carbocycles. The first-order chi connectivity index (χ1) is 15.2. The van der Waals surface area contributed by atoms with Crippen molar-refractivity contribution in [3.05, 3.63) is 64.8 Å². The fourth-order valence-corrected chi connectivity index (χ4v) is 4.24. The van der Waals surface area contributed by atoms with Gasteiger partial charge in [0, 0.05) is 42.6 Å². The minimum atomic E-state index is -0.125. The van der Waals surface area contributed by atoms with Crippen LogP contribution in [0.3, 0.4) is 0 Å². The van der Waals surface area contributed by atoms with Crippen molar-refractivity contribution in [1.29, 1.82) is 0 Å². The fraction of sp³-hybridized carbons (Fsp3) is 0.304. The smallest absolute Gasteiger partial charge is 0.261 e. The molecular formula is C23H24N6O2. The van der Waals surface area contributed by atoms with Crippen molar-refractivity contribution < 1.29 is 5.11 Å². The van der Waals surface area contributed by atoms with Gasteiger partial charge in [0.2, 0.25) is 0 Å². The van der Waals surface area contributed by atoms with Crippen molar-refractivity contribution in [2.75, 3.05) is 42.6 Å². The second kappa shape index (κ2) is 7.96. The molecule has 158 valence electrons. The quantitative estimate of drug-likeness (QED) is 0.544. The number of fused-ring (bicyclic) bond motifs is 2. The number of anilines is 2. The standard InChI is InChI=1S/C23H24N6O2/c1-16-18-4-2-3-5-19(18)22(26-25-16)28-10-8-27(9-11-28)17-6-7-20-21(14-17)24-15-29(12-13-30)23(20)31/h2-7,14-15,30H,8-13H2,1H3. The molecular weight excluding hydrogens is 392 g/mol. The van der Waals surface area contributed by atoms with Crippen LogP contribution in [0.2, 0.25) is 0 Å². The van der Waals surface area contributed by atoms with E-state index in [4.69, 9.17) is 5.11 Å². The number of nitrogens with zero attached hydrogens (tertiary/aromatic N) is 6. The predicted molar refractivity (Wildman–Crippen MR) is 122 cm³/mol. The van der Waals surface area contributed by atoms with Gasteiger partial charge in [0.1, 0.15) is 0 Å². The summed E-state index contributed by atoms with van der Waals surface area (Å²) in [4.78, 5) is 21.5. The Morgan fingerprint density at radius 3 is 2.45 bits per heavy atom. The number of aromatic nitrogens is 4. The Balaban J connectivity index is 1.37. The van der Waals surface area contributed by atoms with Gasteiger partial charge in [-0.05, 0) is 25.1 Å². The first-order valence-corrected chi connectivity index (χ1v) is 10.5. The Labute approximate surface area is 179 Å². The van der Waals surface area contributed by atoms with E-state index in [1.807, 2.05) is 37.3 Å². The average Bonchev–Trinajstić information content (AvgIpc) is 2.81. The number of aryl methyl sites for hydroxylation is 1. The molecule has 5 rings (SSSR count). The van der Waals surface area contributed by atoms with E-state index in [0.717, 1.165) is 54.2 Å². The van der Waals surface area contributed by atoms with Gasteiger partial charge in [-0.15, -0.1) is 5.10 Å². The topological polar surface area (TPSA) is 87.4 Å². The summed E-state index contributed by atoms with van der Waals surface area (Å²) in [5.74, 6) is 0.936. The Bertz CT molecular complexity index is 1310. The lowest BCUT2D eigenvalue weighted by atomic mass is 10.1. The van der Waals surface area contributed by atoms with Gasteiger partial charge in [-0.2, -0.15) is 5.10 Å². The maximum atomic E-state index is 12.5. The van der Waals surface area contributed by atoms with Gasteiger partial charge < -0.3 is 14.9 Å².